The van der Waals surface area contributed by atoms with E-state index in [1.54, 1.807) is 6.08 Å². The summed E-state index contributed by atoms with van der Waals surface area (Å²) in [5.41, 5.74) is 0. The molecule has 0 atom stereocenters. The molecule has 0 bridgehead atoms. The van der Waals surface area contributed by atoms with Crippen LogP contribution in [0.25, 0.3) is 0 Å². The van der Waals surface area contributed by atoms with E-state index in [-0.39, 0.29) is 22.2 Å². The number of carbonyl (C=O) groups excluding carboxylic acids is 1. The Hall–Kier alpha value is -0.790. The molecular formula is C18H36O2. The molecule has 2 aliphatic rings. The lowest BCUT2D eigenvalue weighted by molar-refractivity contribution is -0.144. The number of rotatable bonds is 3. The van der Waals surface area contributed by atoms with E-state index in [1.165, 1.54) is 44.8 Å². The minimum Gasteiger partial charge on any atom is -0.435 e. The summed E-state index contributed by atoms with van der Waals surface area (Å²) in [6, 6.07) is 0. The van der Waals surface area contributed by atoms with Crippen LogP contribution in [0.2, 0.25) is 0 Å². The first-order chi connectivity index (χ1) is 9.20. The highest BCUT2D eigenvalue weighted by Crippen LogP contribution is 2.41. The lowest BCUT2D eigenvalue weighted by atomic mass is 9.69. The summed E-state index contributed by atoms with van der Waals surface area (Å²) in [5, 5.41) is 0. The van der Waals surface area contributed by atoms with Gasteiger partial charge in [0.1, 0.15) is 0 Å². The number of esters is 1. The Labute approximate surface area is 127 Å². The summed E-state index contributed by atoms with van der Waals surface area (Å²) in [6.07, 6.45) is 13.5. The van der Waals surface area contributed by atoms with Gasteiger partial charge in [-0.25, -0.2) is 0 Å². The number of carbonyl (C=O) groups is 1. The third kappa shape index (κ3) is 4.64. The Morgan fingerprint density at radius 1 is 1.00 bits per heavy atom. The Morgan fingerprint density at radius 2 is 1.50 bits per heavy atom. The molecule has 0 aromatic carbocycles. The van der Waals surface area contributed by atoms with Crippen molar-refractivity contribution < 1.29 is 12.4 Å². The molecule has 2 heteroatoms. The van der Waals surface area contributed by atoms with E-state index < -0.39 is 0 Å². The van der Waals surface area contributed by atoms with Crippen molar-refractivity contribution in [2.45, 2.75) is 72.6 Å². The van der Waals surface area contributed by atoms with E-state index in [2.05, 4.69) is 6.92 Å². The molecule has 0 aromatic rings. The van der Waals surface area contributed by atoms with Crippen molar-refractivity contribution in [3.05, 3.63) is 12.3 Å². The van der Waals surface area contributed by atoms with Crippen LogP contribution < -0.4 is 0 Å². The zero-order chi connectivity index (χ0) is 13.7. The van der Waals surface area contributed by atoms with Crippen LogP contribution in [0.1, 0.15) is 75.5 Å². The minimum absolute atomic E-state index is 0. The quantitative estimate of drug-likeness (QED) is 0.482. The van der Waals surface area contributed by atoms with Gasteiger partial charge in [0, 0.05) is 2.85 Å². The van der Waals surface area contributed by atoms with Crippen molar-refractivity contribution in [3.63, 3.8) is 0 Å². The second-order valence-corrected chi connectivity index (χ2v) is 6.54. The fourth-order valence-electron chi connectivity index (χ4n) is 3.81. The van der Waals surface area contributed by atoms with E-state index in [0.29, 0.717) is 0 Å². The predicted octanol–water partition coefficient (Wildman–Crippen LogP) is 5.82. The molecule has 2 nitrogen and oxygen atoms in total. The van der Waals surface area contributed by atoms with Crippen molar-refractivity contribution >= 4 is 5.97 Å². The van der Waals surface area contributed by atoms with Gasteiger partial charge in [-0.3, -0.25) is 4.79 Å². The molecule has 2 aliphatic carbocycles. The third-order valence-corrected chi connectivity index (χ3v) is 5.15. The highest BCUT2D eigenvalue weighted by molar-refractivity contribution is 5.73. The molecule has 0 amide bonds. The molecule has 20 heavy (non-hydrogen) atoms. The summed E-state index contributed by atoms with van der Waals surface area (Å²) in [4.78, 5) is 11.8. The van der Waals surface area contributed by atoms with Crippen LogP contribution in [0.15, 0.2) is 12.3 Å². The first kappa shape index (κ1) is 17.3. The average molecular weight is 284 g/mol. The molecule has 0 N–H and O–H groups in total. The summed E-state index contributed by atoms with van der Waals surface area (Å²) in [7, 11) is 0. The standard InChI is InChI=1S/C17H28O2.CH4.2H2/c1-3-12-19-17(18)16-10-8-15(9-11-16)14-6-4-13(2)5-7-14;;;/h3,12-16H,4-11H2,1-2H3;1H4;2*1H. The van der Waals surface area contributed by atoms with Gasteiger partial charge in [0.2, 0.25) is 0 Å². The van der Waals surface area contributed by atoms with Crippen LogP contribution in [-0.4, -0.2) is 5.97 Å². The largest absolute Gasteiger partial charge is 0.435 e. The van der Waals surface area contributed by atoms with Crippen molar-refractivity contribution in [3.8, 4) is 0 Å². The van der Waals surface area contributed by atoms with Gasteiger partial charge in [0.25, 0.3) is 0 Å². The van der Waals surface area contributed by atoms with Crippen LogP contribution in [0, 0.1) is 23.7 Å². The van der Waals surface area contributed by atoms with E-state index >= 15 is 0 Å². The van der Waals surface area contributed by atoms with Crippen LogP contribution in [-0.2, 0) is 9.53 Å². The smallest absolute Gasteiger partial charge is 0.313 e. The lowest BCUT2D eigenvalue weighted by Crippen LogP contribution is -2.28. The van der Waals surface area contributed by atoms with Gasteiger partial charge < -0.3 is 4.74 Å². The zero-order valence-corrected chi connectivity index (χ0v) is 12.4. The molecule has 120 valence electrons. The number of hydrogen-bond donors (Lipinski definition) is 0. The molecule has 0 saturated heterocycles. The molecule has 0 radical (unpaired) electrons. The Kier molecular flexibility index (Phi) is 7.32. The van der Waals surface area contributed by atoms with Gasteiger partial charge in [-0.2, -0.15) is 0 Å². The monoisotopic (exact) mass is 284 g/mol. The van der Waals surface area contributed by atoms with Crippen LogP contribution in [0.4, 0.5) is 0 Å². The summed E-state index contributed by atoms with van der Waals surface area (Å²) in [5.74, 6) is 2.87. The lowest BCUT2D eigenvalue weighted by Gasteiger charge is -2.36. The molecule has 0 aromatic heterocycles. The summed E-state index contributed by atoms with van der Waals surface area (Å²) >= 11 is 0. The molecule has 0 aliphatic heterocycles. The highest BCUT2D eigenvalue weighted by atomic mass is 16.5. The van der Waals surface area contributed by atoms with Gasteiger partial charge in [-0.15, -0.1) is 0 Å². The van der Waals surface area contributed by atoms with Crippen molar-refractivity contribution in [2.24, 2.45) is 23.7 Å². The second kappa shape index (κ2) is 8.49. The van der Waals surface area contributed by atoms with E-state index in [9.17, 15) is 4.79 Å². The van der Waals surface area contributed by atoms with Gasteiger partial charge >= 0.3 is 5.97 Å². The first-order valence-electron chi connectivity index (χ1n) is 8.02. The van der Waals surface area contributed by atoms with Crippen molar-refractivity contribution in [2.75, 3.05) is 0 Å². The molecule has 2 saturated carbocycles. The zero-order valence-electron chi connectivity index (χ0n) is 12.4. The van der Waals surface area contributed by atoms with Gasteiger partial charge in [-0.05, 0) is 63.2 Å². The van der Waals surface area contributed by atoms with E-state index in [1.807, 2.05) is 6.92 Å². The summed E-state index contributed by atoms with van der Waals surface area (Å²) in [6.45, 7) is 4.25. The van der Waals surface area contributed by atoms with E-state index in [4.69, 9.17) is 4.74 Å². The maximum atomic E-state index is 11.8. The maximum Gasteiger partial charge on any atom is 0.313 e. The fourth-order valence-corrected chi connectivity index (χ4v) is 3.81. The molecule has 2 fully saturated rings. The molecule has 0 heterocycles. The Balaban J connectivity index is 0. The third-order valence-electron chi connectivity index (χ3n) is 5.15. The Bertz CT molecular complexity index is 315. The average Bonchev–Trinajstić information content (AvgIpc) is 2.46. The van der Waals surface area contributed by atoms with Crippen molar-refractivity contribution in [1.29, 1.82) is 0 Å². The molecular weight excluding hydrogens is 248 g/mol. The normalized spacial score (nSPS) is 34.5. The highest BCUT2D eigenvalue weighted by Gasteiger charge is 2.32. The SMILES string of the molecule is C.CC=COC(=O)C1CCC(C2CCC(C)CC2)CC1.[HH].[HH]. The number of allylic oxidation sites excluding steroid dienone is 1. The molecule has 0 unspecified atom stereocenters. The van der Waals surface area contributed by atoms with Crippen LogP contribution >= 0.6 is 0 Å². The van der Waals surface area contributed by atoms with Crippen molar-refractivity contribution in [1.82, 2.24) is 0 Å². The molecule has 2 rings (SSSR count). The minimum atomic E-state index is -0.0196. The van der Waals surface area contributed by atoms with Crippen LogP contribution in [0.3, 0.4) is 0 Å². The van der Waals surface area contributed by atoms with Gasteiger partial charge in [-0.1, -0.05) is 33.3 Å². The molecule has 0 spiro atoms. The number of ether oxygens (including phenoxy) is 1. The number of hydrogen-bond acceptors (Lipinski definition) is 2. The van der Waals surface area contributed by atoms with Gasteiger partial charge in [0.15, 0.2) is 0 Å². The maximum absolute atomic E-state index is 11.8. The predicted molar refractivity (Wildman–Crippen MR) is 88.4 cm³/mol. The topological polar surface area (TPSA) is 26.3 Å². The van der Waals surface area contributed by atoms with Gasteiger partial charge in [0.05, 0.1) is 12.2 Å². The fraction of sp³-hybridized carbons (Fsp3) is 0.833. The summed E-state index contributed by atoms with van der Waals surface area (Å²) < 4.78 is 5.11. The first-order valence-corrected chi connectivity index (χ1v) is 8.02. The second-order valence-electron chi connectivity index (χ2n) is 6.54. The Morgan fingerprint density at radius 3 is 2.00 bits per heavy atom. The van der Waals surface area contributed by atoms with E-state index in [0.717, 1.165) is 30.6 Å². The van der Waals surface area contributed by atoms with Crippen LogP contribution in [0.5, 0.6) is 0 Å².